The Bertz CT molecular complexity index is 896. The highest BCUT2D eigenvalue weighted by Gasteiger charge is 2.58. The summed E-state index contributed by atoms with van der Waals surface area (Å²) >= 11 is 1.51. The van der Waals surface area contributed by atoms with E-state index >= 15 is 0 Å². The zero-order valence-corrected chi connectivity index (χ0v) is 17.0. The van der Waals surface area contributed by atoms with Gasteiger partial charge in [0.05, 0.1) is 22.1 Å². The molecule has 2 aromatic heterocycles. The van der Waals surface area contributed by atoms with Crippen molar-refractivity contribution < 1.29 is 18.9 Å². The van der Waals surface area contributed by atoms with Crippen molar-refractivity contribution in [2.45, 2.75) is 54.4 Å². The smallest absolute Gasteiger partial charge is 0.160 e. The Kier molecular flexibility index (Phi) is 4.11. The van der Waals surface area contributed by atoms with Crippen LogP contribution in [0.5, 0.6) is 0 Å². The number of rotatable bonds is 2. The fourth-order valence-electron chi connectivity index (χ4n) is 3.87. The minimum Gasteiger partial charge on any atom is -0.361 e. The van der Waals surface area contributed by atoms with Crippen LogP contribution in [-0.2, 0) is 14.4 Å². The molecule has 1 aliphatic carbocycles. The van der Waals surface area contributed by atoms with E-state index in [2.05, 4.69) is 5.16 Å². The normalized spacial score (nSPS) is 20.0. The molecule has 3 rings (SSSR count). The third-order valence-corrected chi connectivity index (χ3v) is 6.52. The van der Waals surface area contributed by atoms with Gasteiger partial charge in [-0.05, 0) is 60.1 Å². The van der Waals surface area contributed by atoms with Gasteiger partial charge in [0.25, 0.3) is 0 Å². The number of hydrogen-bond acceptors (Lipinski definition) is 6. The Morgan fingerprint density at radius 1 is 1.00 bits per heavy atom. The van der Waals surface area contributed by atoms with Crippen molar-refractivity contribution in [2.24, 2.45) is 10.8 Å². The molecule has 0 aliphatic heterocycles. The maximum absolute atomic E-state index is 13.1. The Morgan fingerprint density at radius 3 is 2.00 bits per heavy atom. The highest BCUT2D eigenvalue weighted by Crippen LogP contribution is 2.47. The first-order valence-electron chi connectivity index (χ1n) is 8.57. The van der Waals surface area contributed by atoms with Crippen molar-refractivity contribution in [1.82, 2.24) is 5.16 Å². The number of aryl methyl sites for hydroxylation is 3. The molecule has 2 aromatic rings. The predicted molar refractivity (Wildman–Crippen MR) is 99.4 cm³/mol. The minimum atomic E-state index is -1.18. The molecule has 5 nitrogen and oxygen atoms in total. The van der Waals surface area contributed by atoms with Crippen LogP contribution in [0.1, 0.15) is 55.5 Å². The Labute approximate surface area is 156 Å². The molecule has 138 valence electrons. The van der Waals surface area contributed by atoms with Crippen LogP contribution in [0, 0.1) is 31.6 Å². The van der Waals surface area contributed by atoms with Crippen LogP contribution >= 0.6 is 11.3 Å². The first-order valence-corrected chi connectivity index (χ1v) is 9.39. The molecule has 0 bridgehead atoms. The van der Waals surface area contributed by atoms with E-state index < -0.39 is 16.7 Å². The summed E-state index contributed by atoms with van der Waals surface area (Å²) in [5.41, 5.74) is -0.00465. The summed E-state index contributed by atoms with van der Waals surface area (Å²) in [7, 11) is 0. The molecule has 0 amide bonds. The number of aromatic nitrogens is 1. The van der Waals surface area contributed by atoms with E-state index in [1.165, 1.54) is 11.3 Å². The van der Waals surface area contributed by atoms with E-state index in [0.717, 1.165) is 21.0 Å². The zero-order chi connectivity index (χ0) is 19.6. The van der Waals surface area contributed by atoms with Gasteiger partial charge in [0.2, 0.25) is 0 Å². The van der Waals surface area contributed by atoms with Gasteiger partial charge in [0.1, 0.15) is 11.7 Å². The first-order chi connectivity index (χ1) is 11.9. The van der Waals surface area contributed by atoms with Gasteiger partial charge < -0.3 is 4.52 Å². The molecular weight excluding hydrogens is 350 g/mol. The van der Waals surface area contributed by atoms with E-state index in [9.17, 15) is 14.4 Å². The van der Waals surface area contributed by atoms with E-state index in [1.807, 2.05) is 26.8 Å². The number of nitrogens with zero attached hydrogens (tertiary/aromatic N) is 1. The molecule has 0 aromatic carbocycles. The quantitative estimate of drug-likeness (QED) is 0.738. The summed E-state index contributed by atoms with van der Waals surface area (Å²) in [6, 6.07) is 1.88. The van der Waals surface area contributed by atoms with Crippen LogP contribution in [-0.4, -0.2) is 22.5 Å². The van der Waals surface area contributed by atoms with Gasteiger partial charge in [-0.3, -0.25) is 14.4 Å². The number of carbonyl (C=O) groups is 3. The van der Waals surface area contributed by atoms with E-state index in [-0.39, 0.29) is 17.3 Å². The van der Waals surface area contributed by atoms with Gasteiger partial charge in [-0.25, -0.2) is 0 Å². The molecular formula is C20H23NO4S. The molecule has 0 N–H and O–H groups in total. The number of ketones is 3. The second-order valence-corrected chi connectivity index (χ2v) is 9.32. The van der Waals surface area contributed by atoms with Crippen LogP contribution in [0.3, 0.4) is 0 Å². The van der Waals surface area contributed by atoms with Crippen molar-refractivity contribution in [3.05, 3.63) is 28.0 Å². The third-order valence-electron chi connectivity index (χ3n) is 5.44. The van der Waals surface area contributed by atoms with Crippen LogP contribution in [0.25, 0.3) is 10.4 Å². The molecule has 2 heterocycles. The summed E-state index contributed by atoms with van der Waals surface area (Å²) < 4.78 is 5.24. The van der Waals surface area contributed by atoms with Gasteiger partial charge in [-0.1, -0.05) is 5.16 Å². The average Bonchev–Trinajstić information content (AvgIpc) is 3.08. The molecule has 0 atom stereocenters. The van der Waals surface area contributed by atoms with E-state index in [0.29, 0.717) is 11.3 Å². The fourth-order valence-corrected chi connectivity index (χ4v) is 5.07. The van der Waals surface area contributed by atoms with Gasteiger partial charge in [0, 0.05) is 9.75 Å². The lowest BCUT2D eigenvalue weighted by Gasteiger charge is -2.40. The number of carbonyl (C=O) groups excluding carboxylic acids is 3. The molecule has 1 saturated carbocycles. The molecule has 0 spiro atoms. The first kappa shape index (κ1) is 18.7. The van der Waals surface area contributed by atoms with Gasteiger partial charge in [-0.2, -0.15) is 0 Å². The molecule has 0 radical (unpaired) electrons. The number of thiophene rings is 1. The Hall–Kier alpha value is -2.08. The van der Waals surface area contributed by atoms with Crippen LogP contribution in [0.15, 0.2) is 10.6 Å². The molecule has 1 fully saturated rings. The lowest BCUT2D eigenvalue weighted by molar-refractivity contribution is -0.157. The molecule has 0 unspecified atom stereocenters. The van der Waals surface area contributed by atoms with Crippen molar-refractivity contribution in [2.75, 3.05) is 0 Å². The maximum atomic E-state index is 13.1. The summed E-state index contributed by atoms with van der Waals surface area (Å²) in [6.45, 7) is 12.1. The standard InChI is InChI=1S/C20H23NO4S/c1-9-14(10(2)25-21-9)13-8-12(11(3)26-13)15-16(22)19(4,5)18(24)20(6,7)17(15)23/h8,15H,1-7H3. The summed E-state index contributed by atoms with van der Waals surface area (Å²) in [5, 5.41) is 3.98. The van der Waals surface area contributed by atoms with Crippen LogP contribution in [0.4, 0.5) is 0 Å². The maximum Gasteiger partial charge on any atom is 0.160 e. The average molecular weight is 373 g/mol. The molecule has 26 heavy (non-hydrogen) atoms. The largest absolute Gasteiger partial charge is 0.361 e. The fraction of sp³-hybridized carbons (Fsp3) is 0.500. The number of Topliss-reactive ketones (excluding diaryl/α,β-unsaturated/α-hetero) is 3. The summed E-state index contributed by atoms with van der Waals surface area (Å²) in [6.07, 6.45) is 0. The SMILES string of the molecule is Cc1noc(C)c1-c1cc(C2C(=O)C(C)(C)C(=O)C(C)(C)C2=O)c(C)s1. The summed E-state index contributed by atoms with van der Waals surface area (Å²) in [4.78, 5) is 40.6. The minimum absolute atomic E-state index is 0.310. The third kappa shape index (κ3) is 2.42. The van der Waals surface area contributed by atoms with E-state index in [4.69, 9.17) is 4.52 Å². The van der Waals surface area contributed by atoms with Crippen molar-refractivity contribution in [3.8, 4) is 10.4 Å². The van der Waals surface area contributed by atoms with Gasteiger partial charge >= 0.3 is 0 Å². The topological polar surface area (TPSA) is 77.2 Å². The number of hydrogen-bond donors (Lipinski definition) is 0. The van der Waals surface area contributed by atoms with Crippen molar-refractivity contribution in [3.63, 3.8) is 0 Å². The predicted octanol–water partition coefficient (Wildman–Crippen LogP) is 4.19. The van der Waals surface area contributed by atoms with Crippen molar-refractivity contribution >= 4 is 28.7 Å². The Balaban J connectivity index is 2.16. The zero-order valence-electron chi connectivity index (χ0n) is 16.1. The Morgan fingerprint density at radius 2 is 1.54 bits per heavy atom. The molecule has 0 saturated heterocycles. The van der Waals surface area contributed by atoms with Crippen LogP contribution < -0.4 is 0 Å². The second-order valence-electron chi connectivity index (χ2n) is 8.06. The lowest BCUT2D eigenvalue weighted by atomic mass is 9.57. The second kappa shape index (κ2) is 5.71. The lowest BCUT2D eigenvalue weighted by Crippen LogP contribution is -2.56. The monoisotopic (exact) mass is 373 g/mol. The highest BCUT2D eigenvalue weighted by atomic mass is 32.1. The molecule has 1 aliphatic rings. The summed E-state index contributed by atoms with van der Waals surface area (Å²) in [5.74, 6) is -1.17. The van der Waals surface area contributed by atoms with Gasteiger partial charge in [0.15, 0.2) is 17.3 Å². The molecule has 6 heteroatoms. The highest BCUT2D eigenvalue weighted by molar-refractivity contribution is 7.15. The van der Waals surface area contributed by atoms with E-state index in [1.54, 1.807) is 27.7 Å². The van der Waals surface area contributed by atoms with Gasteiger partial charge in [-0.15, -0.1) is 11.3 Å². The van der Waals surface area contributed by atoms with Crippen LogP contribution in [0.2, 0.25) is 0 Å². The van der Waals surface area contributed by atoms with Crippen molar-refractivity contribution in [1.29, 1.82) is 0 Å².